The molecule has 0 saturated heterocycles. The van der Waals surface area contributed by atoms with Gasteiger partial charge in [0.2, 0.25) is 5.91 Å². The number of carbonyl (C=O) groups excluding carboxylic acids is 2. The van der Waals surface area contributed by atoms with E-state index in [0.29, 0.717) is 31.8 Å². The highest BCUT2D eigenvalue weighted by Gasteiger charge is 2.11. The maximum Gasteiger partial charge on any atom is 0.270 e. The summed E-state index contributed by atoms with van der Waals surface area (Å²) in [7, 11) is 0. The molecule has 1 aromatic carbocycles. The quantitative estimate of drug-likeness (QED) is 0.526. The minimum atomic E-state index is -0.259. The van der Waals surface area contributed by atoms with Crippen LogP contribution in [0.4, 0.5) is 0 Å². The lowest BCUT2D eigenvalue weighted by Gasteiger charge is -2.06. The molecule has 0 radical (unpaired) electrons. The fourth-order valence-electron chi connectivity index (χ4n) is 2.36. The molecule has 146 valence electrons. The van der Waals surface area contributed by atoms with Crippen LogP contribution in [-0.2, 0) is 17.8 Å². The van der Waals surface area contributed by atoms with Crippen LogP contribution in [0.2, 0.25) is 0 Å². The second-order valence-corrected chi connectivity index (χ2v) is 8.07. The number of nitrogens with zero attached hydrogens (tertiary/aromatic N) is 1. The Bertz CT molecular complexity index is 905. The summed E-state index contributed by atoms with van der Waals surface area (Å²) in [4.78, 5) is 29.3. The fraction of sp³-hybridized carbons (Fsp3) is 0.250. The summed E-state index contributed by atoms with van der Waals surface area (Å²) < 4.78 is 5.68. The van der Waals surface area contributed by atoms with E-state index in [1.807, 2.05) is 48.7 Å². The SMILES string of the molecule is Cc1ccc(OCc2nc(C(=O)NCCNC(=O)Cc3cccs3)cs2)cc1. The van der Waals surface area contributed by atoms with E-state index in [4.69, 9.17) is 4.74 Å². The van der Waals surface area contributed by atoms with Crippen molar-refractivity contribution in [3.8, 4) is 5.75 Å². The highest BCUT2D eigenvalue weighted by molar-refractivity contribution is 7.10. The van der Waals surface area contributed by atoms with E-state index < -0.39 is 0 Å². The average molecular weight is 416 g/mol. The Hall–Kier alpha value is -2.71. The third kappa shape index (κ3) is 6.17. The summed E-state index contributed by atoms with van der Waals surface area (Å²) in [5.74, 6) is 0.455. The van der Waals surface area contributed by atoms with Gasteiger partial charge in [0.1, 0.15) is 23.1 Å². The summed E-state index contributed by atoms with van der Waals surface area (Å²) >= 11 is 2.93. The van der Waals surface area contributed by atoms with Crippen molar-refractivity contribution < 1.29 is 14.3 Å². The predicted octanol–water partition coefficient (Wildman–Crippen LogP) is 3.18. The molecular formula is C20H21N3O3S2. The van der Waals surface area contributed by atoms with Crippen molar-refractivity contribution >= 4 is 34.5 Å². The van der Waals surface area contributed by atoms with Gasteiger partial charge in [0.15, 0.2) is 0 Å². The first kappa shape index (κ1) is 20.0. The van der Waals surface area contributed by atoms with Crippen molar-refractivity contribution in [3.05, 3.63) is 68.3 Å². The minimum Gasteiger partial charge on any atom is -0.486 e. The number of hydrogen-bond donors (Lipinski definition) is 2. The van der Waals surface area contributed by atoms with E-state index in [0.717, 1.165) is 15.6 Å². The van der Waals surface area contributed by atoms with Crippen LogP contribution in [0, 0.1) is 6.92 Å². The van der Waals surface area contributed by atoms with Gasteiger partial charge in [-0.1, -0.05) is 23.8 Å². The molecule has 0 spiro atoms. The van der Waals surface area contributed by atoms with Crippen LogP contribution in [0.3, 0.4) is 0 Å². The van der Waals surface area contributed by atoms with Gasteiger partial charge >= 0.3 is 0 Å². The third-order valence-corrected chi connectivity index (χ3v) is 5.51. The standard InChI is InChI=1S/C20H21N3O3S2/c1-14-4-6-15(7-5-14)26-12-19-23-17(13-28-19)20(25)22-9-8-21-18(24)11-16-3-2-10-27-16/h2-7,10,13H,8-9,11-12H2,1H3,(H,21,24)(H,22,25). The largest absolute Gasteiger partial charge is 0.486 e. The van der Waals surface area contributed by atoms with E-state index in [1.165, 1.54) is 16.9 Å². The first-order chi connectivity index (χ1) is 13.6. The molecule has 2 aromatic heterocycles. The van der Waals surface area contributed by atoms with Crippen molar-refractivity contribution in [2.75, 3.05) is 13.1 Å². The summed E-state index contributed by atoms with van der Waals surface area (Å²) in [5, 5.41) is 9.93. The average Bonchev–Trinajstić information content (AvgIpc) is 3.36. The number of aromatic nitrogens is 1. The smallest absolute Gasteiger partial charge is 0.270 e. The molecule has 0 aliphatic rings. The van der Waals surface area contributed by atoms with E-state index in [1.54, 1.807) is 16.7 Å². The van der Waals surface area contributed by atoms with Gasteiger partial charge in [-0.25, -0.2) is 4.98 Å². The van der Waals surface area contributed by atoms with Crippen LogP contribution in [-0.4, -0.2) is 29.9 Å². The Kier molecular flexibility index (Phi) is 7.16. The molecule has 3 aromatic rings. The lowest BCUT2D eigenvalue weighted by atomic mass is 10.2. The van der Waals surface area contributed by atoms with Gasteiger partial charge in [-0.05, 0) is 30.5 Å². The number of thiophene rings is 1. The zero-order chi connectivity index (χ0) is 19.8. The van der Waals surface area contributed by atoms with Crippen molar-refractivity contribution in [1.29, 1.82) is 0 Å². The van der Waals surface area contributed by atoms with Crippen LogP contribution < -0.4 is 15.4 Å². The number of rotatable bonds is 9. The Morgan fingerprint density at radius 1 is 1.07 bits per heavy atom. The topological polar surface area (TPSA) is 80.3 Å². The van der Waals surface area contributed by atoms with Crippen LogP contribution >= 0.6 is 22.7 Å². The first-order valence-electron chi connectivity index (χ1n) is 8.81. The summed E-state index contributed by atoms with van der Waals surface area (Å²) in [6.45, 7) is 3.07. The molecule has 3 rings (SSSR count). The van der Waals surface area contributed by atoms with Gasteiger partial charge in [-0.2, -0.15) is 0 Å². The number of amides is 2. The molecule has 0 bridgehead atoms. The van der Waals surface area contributed by atoms with Crippen LogP contribution in [0.15, 0.2) is 47.2 Å². The van der Waals surface area contributed by atoms with Crippen LogP contribution in [0.5, 0.6) is 5.75 Å². The molecule has 8 heteroatoms. The molecule has 0 unspecified atom stereocenters. The van der Waals surface area contributed by atoms with Gasteiger partial charge in [-0.3, -0.25) is 9.59 Å². The molecule has 0 fully saturated rings. The normalized spacial score (nSPS) is 10.5. The molecule has 0 saturated carbocycles. The Morgan fingerprint density at radius 3 is 2.61 bits per heavy atom. The summed E-state index contributed by atoms with van der Waals surface area (Å²) in [6, 6.07) is 11.6. The third-order valence-electron chi connectivity index (χ3n) is 3.82. The van der Waals surface area contributed by atoms with Gasteiger partial charge in [0.05, 0.1) is 6.42 Å². The highest BCUT2D eigenvalue weighted by atomic mass is 32.1. The molecule has 0 aliphatic heterocycles. The summed E-state index contributed by atoms with van der Waals surface area (Å²) in [5.41, 5.74) is 1.53. The monoisotopic (exact) mass is 415 g/mol. The van der Waals surface area contributed by atoms with Crippen LogP contribution in [0.25, 0.3) is 0 Å². The lowest BCUT2D eigenvalue weighted by Crippen LogP contribution is -2.35. The second-order valence-electron chi connectivity index (χ2n) is 6.09. The molecule has 28 heavy (non-hydrogen) atoms. The fourth-order valence-corrected chi connectivity index (χ4v) is 3.75. The number of ether oxygens (including phenoxy) is 1. The van der Waals surface area contributed by atoms with Crippen molar-refractivity contribution in [2.24, 2.45) is 0 Å². The van der Waals surface area contributed by atoms with Crippen molar-refractivity contribution in [1.82, 2.24) is 15.6 Å². The number of hydrogen-bond acceptors (Lipinski definition) is 6. The molecule has 2 heterocycles. The number of aryl methyl sites for hydroxylation is 1. The predicted molar refractivity (Wildman–Crippen MR) is 111 cm³/mol. The number of thiazole rings is 1. The van der Waals surface area contributed by atoms with Crippen LogP contribution in [0.1, 0.15) is 25.9 Å². The Morgan fingerprint density at radius 2 is 1.86 bits per heavy atom. The molecule has 0 atom stereocenters. The Labute approximate surface area is 171 Å². The van der Waals surface area contributed by atoms with E-state index in [2.05, 4.69) is 15.6 Å². The molecular weight excluding hydrogens is 394 g/mol. The van der Waals surface area contributed by atoms with Crippen molar-refractivity contribution in [2.45, 2.75) is 20.0 Å². The number of carbonyl (C=O) groups is 2. The Balaban J connectivity index is 1.36. The lowest BCUT2D eigenvalue weighted by molar-refractivity contribution is -0.120. The zero-order valence-electron chi connectivity index (χ0n) is 15.4. The zero-order valence-corrected chi connectivity index (χ0v) is 17.1. The van der Waals surface area contributed by atoms with Gasteiger partial charge in [0, 0.05) is 23.3 Å². The van der Waals surface area contributed by atoms with E-state index >= 15 is 0 Å². The van der Waals surface area contributed by atoms with Gasteiger partial charge in [-0.15, -0.1) is 22.7 Å². The maximum absolute atomic E-state index is 12.2. The van der Waals surface area contributed by atoms with Crippen molar-refractivity contribution in [3.63, 3.8) is 0 Å². The van der Waals surface area contributed by atoms with Gasteiger partial charge in [0.25, 0.3) is 5.91 Å². The highest BCUT2D eigenvalue weighted by Crippen LogP contribution is 2.16. The molecule has 6 nitrogen and oxygen atoms in total. The van der Waals surface area contributed by atoms with Gasteiger partial charge < -0.3 is 15.4 Å². The van der Waals surface area contributed by atoms with E-state index in [-0.39, 0.29) is 11.8 Å². The minimum absolute atomic E-state index is 0.0547. The number of benzene rings is 1. The maximum atomic E-state index is 12.2. The summed E-state index contributed by atoms with van der Waals surface area (Å²) in [6.07, 6.45) is 0.363. The molecule has 2 N–H and O–H groups in total. The number of nitrogens with one attached hydrogen (secondary N) is 2. The second kappa shape index (κ2) is 10.0. The molecule has 2 amide bonds. The molecule has 0 aliphatic carbocycles. The first-order valence-corrected chi connectivity index (χ1v) is 10.6. The van der Waals surface area contributed by atoms with E-state index in [9.17, 15) is 9.59 Å².